The highest BCUT2D eigenvalue weighted by atomic mass is 32.2. The highest BCUT2D eigenvalue weighted by Gasteiger charge is 2.15. The van der Waals surface area contributed by atoms with Crippen molar-refractivity contribution in [2.24, 2.45) is 0 Å². The number of carbonyl (C=O) groups is 1. The molecule has 2 N–H and O–H groups in total. The number of fused-ring (bicyclic) bond motifs is 1. The van der Waals surface area contributed by atoms with Gasteiger partial charge in [-0.25, -0.2) is 23.4 Å². The average Bonchev–Trinajstić information content (AvgIpc) is 3.09. The molecule has 10 heteroatoms. The van der Waals surface area contributed by atoms with E-state index in [0.29, 0.717) is 23.4 Å². The number of hydrogen-bond donors (Lipinski definition) is 2. The number of hydrogen-bond acceptors (Lipinski definition) is 6. The minimum atomic E-state index is -0.896. The van der Waals surface area contributed by atoms with Gasteiger partial charge in [0.15, 0.2) is 10.8 Å². The van der Waals surface area contributed by atoms with Crippen LogP contribution in [0, 0.1) is 11.6 Å². The van der Waals surface area contributed by atoms with E-state index >= 15 is 0 Å². The molecule has 0 saturated heterocycles. The second-order valence-electron chi connectivity index (χ2n) is 6.20. The molecular weight excluding hydrogens is 398 g/mol. The van der Waals surface area contributed by atoms with Crippen LogP contribution in [-0.4, -0.2) is 44.5 Å². The summed E-state index contributed by atoms with van der Waals surface area (Å²) in [6, 6.07) is 2.86. The largest absolute Gasteiger partial charge is 0.369 e. The summed E-state index contributed by atoms with van der Waals surface area (Å²) in [6.45, 7) is 5.44. The summed E-state index contributed by atoms with van der Waals surface area (Å²) in [5.74, 6) is -0.660. The highest BCUT2D eigenvalue weighted by Crippen LogP contribution is 2.24. The van der Waals surface area contributed by atoms with Crippen LogP contribution < -0.4 is 10.6 Å². The van der Waals surface area contributed by atoms with Gasteiger partial charge in [-0.1, -0.05) is 25.6 Å². The van der Waals surface area contributed by atoms with Crippen molar-refractivity contribution in [1.82, 2.24) is 25.1 Å². The van der Waals surface area contributed by atoms with Crippen molar-refractivity contribution < 1.29 is 13.6 Å². The zero-order valence-corrected chi connectivity index (χ0v) is 17.0. The van der Waals surface area contributed by atoms with Crippen LogP contribution in [0.2, 0.25) is 0 Å². The Labute approximate surface area is 171 Å². The molecule has 3 rings (SSSR count). The lowest BCUT2D eigenvalue weighted by atomic mass is 10.2. The molecule has 0 atom stereocenters. The molecule has 0 spiro atoms. The molecule has 0 bridgehead atoms. The first-order chi connectivity index (χ1) is 14.0. The van der Waals surface area contributed by atoms with Crippen LogP contribution in [0.1, 0.15) is 30.6 Å². The second-order valence-corrected chi connectivity index (χ2v) is 7.43. The highest BCUT2D eigenvalue weighted by molar-refractivity contribution is 7.99. The number of benzene rings is 1. The summed E-state index contributed by atoms with van der Waals surface area (Å²) >= 11 is 1.53. The molecular formula is C19H22F2N6OS. The minimum absolute atomic E-state index is 0.202. The van der Waals surface area contributed by atoms with Gasteiger partial charge in [0.05, 0.1) is 23.7 Å². The van der Waals surface area contributed by atoms with Gasteiger partial charge >= 0.3 is 0 Å². The Morgan fingerprint density at radius 1 is 1.21 bits per heavy atom. The van der Waals surface area contributed by atoms with Gasteiger partial charge in [0, 0.05) is 19.2 Å². The normalized spacial score (nSPS) is 11.0. The van der Waals surface area contributed by atoms with Crippen molar-refractivity contribution in [3.05, 3.63) is 41.6 Å². The van der Waals surface area contributed by atoms with E-state index in [0.717, 1.165) is 42.1 Å². The fourth-order valence-electron chi connectivity index (χ4n) is 2.71. The maximum absolute atomic E-state index is 13.7. The smallest absolute Gasteiger partial charge is 0.254 e. The molecule has 154 valence electrons. The number of carbonyl (C=O) groups excluding carboxylic acids is 1. The number of amides is 1. The molecule has 7 nitrogen and oxygen atoms in total. The van der Waals surface area contributed by atoms with Gasteiger partial charge in [-0.05, 0) is 24.3 Å². The summed E-state index contributed by atoms with van der Waals surface area (Å²) < 4.78 is 28.4. The number of nitrogens with one attached hydrogen (secondary N) is 2. The molecule has 0 unspecified atom stereocenters. The van der Waals surface area contributed by atoms with Gasteiger partial charge in [0.2, 0.25) is 0 Å². The summed E-state index contributed by atoms with van der Waals surface area (Å²) in [5, 5.41) is 11.7. The van der Waals surface area contributed by atoms with Crippen molar-refractivity contribution in [3.8, 4) is 0 Å². The number of rotatable bonds is 9. The van der Waals surface area contributed by atoms with E-state index in [4.69, 9.17) is 0 Å². The Kier molecular flexibility index (Phi) is 6.97. The molecule has 2 heterocycles. The molecule has 0 aliphatic carbocycles. The van der Waals surface area contributed by atoms with Crippen LogP contribution in [0.15, 0.2) is 29.6 Å². The van der Waals surface area contributed by atoms with Crippen LogP contribution in [-0.2, 0) is 6.54 Å². The molecule has 0 aliphatic rings. The second kappa shape index (κ2) is 9.64. The summed E-state index contributed by atoms with van der Waals surface area (Å²) in [6.07, 6.45) is 2.65. The quantitative estimate of drug-likeness (QED) is 0.407. The fraction of sp³-hybridized carbons (Fsp3) is 0.368. The standard InChI is InChI=1S/C19H22F2N6OS/c1-3-7-22-16-14-11-24-27(17(14)26-19(25-16)29-4-2)9-8-23-18(28)13-6-5-12(20)10-15(13)21/h5-6,10-11H,3-4,7-9H2,1-2H3,(H,23,28)(H,22,25,26). The zero-order chi connectivity index (χ0) is 20.8. The fourth-order valence-corrected chi connectivity index (χ4v) is 3.28. The third-order valence-electron chi connectivity index (χ3n) is 4.08. The first-order valence-corrected chi connectivity index (χ1v) is 10.4. The Morgan fingerprint density at radius 2 is 2.03 bits per heavy atom. The van der Waals surface area contributed by atoms with E-state index < -0.39 is 17.5 Å². The Bertz CT molecular complexity index is 1010. The van der Waals surface area contributed by atoms with Crippen LogP contribution in [0.4, 0.5) is 14.6 Å². The number of nitrogens with zero attached hydrogens (tertiary/aromatic N) is 4. The van der Waals surface area contributed by atoms with E-state index in [1.807, 2.05) is 6.92 Å². The van der Waals surface area contributed by atoms with Gasteiger partial charge in [-0.3, -0.25) is 4.79 Å². The summed E-state index contributed by atoms with van der Waals surface area (Å²) in [4.78, 5) is 21.3. The van der Waals surface area contributed by atoms with Crippen LogP contribution in [0.3, 0.4) is 0 Å². The number of halogens is 2. The van der Waals surface area contributed by atoms with Crippen LogP contribution in [0.5, 0.6) is 0 Å². The van der Waals surface area contributed by atoms with Crippen molar-refractivity contribution in [3.63, 3.8) is 0 Å². The topological polar surface area (TPSA) is 84.7 Å². The van der Waals surface area contributed by atoms with Gasteiger partial charge in [-0.15, -0.1) is 0 Å². The Balaban J connectivity index is 1.74. The van der Waals surface area contributed by atoms with Crippen LogP contribution in [0.25, 0.3) is 11.0 Å². The number of aromatic nitrogens is 4. The molecule has 0 aliphatic heterocycles. The molecule has 29 heavy (non-hydrogen) atoms. The lowest BCUT2D eigenvalue weighted by Gasteiger charge is -2.09. The molecule has 2 aromatic heterocycles. The maximum Gasteiger partial charge on any atom is 0.254 e. The van der Waals surface area contributed by atoms with Gasteiger partial charge < -0.3 is 10.6 Å². The molecule has 0 saturated carbocycles. The van der Waals surface area contributed by atoms with Gasteiger partial charge in [0.1, 0.15) is 17.5 Å². The van der Waals surface area contributed by atoms with Crippen molar-refractivity contribution >= 4 is 34.5 Å². The number of anilines is 1. The predicted molar refractivity (Wildman–Crippen MR) is 109 cm³/mol. The Morgan fingerprint density at radius 3 is 2.76 bits per heavy atom. The average molecular weight is 420 g/mol. The monoisotopic (exact) mass is 420 g/mol. The first-order valence-electron chi connectivity index (χ1n) is 9.37. The summed E-state index contributed by atoms with van der Waals surface area (Å²) in [7, 11) is 0. The van der Waals surface area contributed by atoms with E-state index in [1.54, 1.807) is 10.9 Å². The van der Waals surface area contributed by atoms with E-state index in [1.165, 1.54) is 11.8 Å². The van der Waals surface area contributed by atoms with Crippen LogP contribution >= 0.6 is 11.8 Å². The third kappa shape index (κ3) is 5.00. The zero-order valence-electron chi connectivity index (χ0n) is 16.2. The Hall–Kier alpha value is -2.75. The molecule has 0 radical (unpaired) electrons. The molecule has 3 aromatic rings. The third-order valence-corrected chi connectivity index (χ3v) is 4.81. The van der Waals surface area contributed by atoms with Gasteiger partial charge in [-0.2, -0.15) is 5.10 Å². The molecule has 0 fully saturated rings. The first kappa shape index (κ1) is 21.0. The lowest BCUT2D eigenvalue weighted by molar-refractivity contribution is 0.0948. The van der Waals surface area contributed by atoms with Gasteiger partial charge in [0.25, 0.3) is 5.91 Å². The van der Waals surface area contributed by atoms with Crippen molar-refractivity contribution in [1.29, 1.82) is 0 Å². The maximum atomic E-state index is 13.7. The van der Waals surface area contributed by atoms with Crippen molar-refractivity contribution in [2.75, 3.05) is 24.2 Å². The lowest BCUT2D eigenvalue weighted by Crippen LogP contribution is -2.28. The van der Waals surface area contributed by atoms with E-state index in [2.05, 4.69) is 32.6 Å². The number of thioether (sulfide) groups is 1. The van der Waals surface area contributed by atoms with Crippen molar-refractivity contribution in [2.45, 2.75) is 32.0 Å². The van der Waals surface area contributed by atoms with E-state index in [9.17, 15) is 13.6 Å². The SMILES string of the molecule is CCCNc1nc(SCC)nc2c1cnn2CCNC(=O)c1ccc(F)cc1F. The van der Waals surface area contributed by atoms with E-state index in [-0.39, 0.29) is 12.1 Å². The molecule has 1 aromatic carbocycles. The molecule has 1 amide bonds. The predicted octanol–water partition coefficient (Wildman–Crippen LogP) is 3.47. The minimum Gasteiger partial charge on any atom is -0.369 e. The summed E-state index contributed by atoms with van der Waals surface area (Å²) in [5.41, 5.74) is 0.462.